The Morgan fingerprint density at radius 1 is 0.897 bits per heavy atom. The summed E-state index contributed by atoms with van der Waals surface area (Å²) in [6.07, 6.45) is 6.05. The van der Waals surface area contributed by atoms with Crippen LogP contribution in [0.25, 0.3) is 0 Å². The standard InChI is InChI=1S/C24H31N3O2/c28-24(25-21-9-5-2-6-10-21)27-17-15-26(16-18-27)22-11-13-23(14-12-22)29-19-20-7-3-1-4-8-20/h1,3-4,7-8,11-14,21H,2,5-6,9-10,15-19H2,(H,25,28). The zero-order chi connectivity index (χ0) is 19.9. The molecule has 0 unspecified atom stereocenters. The Bertz CT molecular complexity index is 764. The Morgan fingerprint density at radius 3 is 2.28 bits per heavy atom. The second-order valence-electron chi connectivity index (χ2n) is 8.03. The molecule has 1 aliphatic carbocycles. The highest BCUT2D eigenvalue weighted by atomic mass is 16.5. The van der Waals surface area contributed by atoms with Gasteiger partial charge in [0.25, 0.3) is 0 Å². The van der Waals surface area contributed by atoms with Crippen molar-refractivity contribution in [3.63, 3.8) is 0 Å². The van der Waals surface area contributed by atoms with Crippen molar-refractivity contribution in [1.29, 1.82) is 0 Å². The number of amides is 2. The van der Waals surface area contributed by atoms with E-state index in [1.54, 1.807) is 0 Å². The monoisotopic (exact) mass is 393 g/mol. The molecule has 1 heterocycles. The number of carbonyl (C=O) groups excluding carboxylic acids is 1. The van der Waals surface area contributed by atoms with E-state index in [9.17, 15) is 4.79 Å². The molecule has 1 saturated carbocycles. The van der Waals surface area contributed by atoms with Crippen LogP contribution in [-0.2, 0) is 6.61 Å². The molecule has 2 amide bonds. The van der Waals surface area contributed by atoms with Crippen molar-refractivity contribution in [2.24, 2.45) is 0 Å². The summed E-state index contributed by atoms with van der Waals surface area (Å²) in [5, 5.41) is 3.23. The number of urea groups is 1. The van der Waals surface area contributed by atoms with E-state index in [0.717, 1.165) is 44.8 Å². The number of anilines is 1. The molecule has 2 fully saturated rings. The lowest BCUT2D eigenvalue weighted by Gasteiger charge is -2.37. The quantitative estimate of drug-likeness (QED) is 0.817. The van der Waals surface area contributed by atoms with Gasteiger partial charge in [0.1, 0.15) is 12.4 Å². The maximum atomic E-state index is 12.5. The van der Waals surface area contributed by atoms with Crippen LogP contribution >= 0.6 is 0 Å². The molecule has 2 aliphatic rings. The van der Waals surface area contributed by atoms with Gasteiger partial charge in [0, 0.05) is 37.9 Å². The maximum absolute atomic E-state index is 12.5. The normalized spacial score (nSPS) is 17.8. The molecule has 29 heavy (non-hydrogen) atoms. The van der Waals surface area contributed by atoms with Crippen molar-refractivity contribution in [1.82, 2.24) is 10.2 Å². The summed E-state index contributed by atoms with van der Waals surface area (Å²) in [4.78, 5) is 16.8. The Balaban J connectivity index is 1.23. The predicted molar refractivity (Wildman–Crippen MR) is 116 cm³/mol. The molecule has 4 rings (SSSR count). The van der Waals surface area contributed by atoms with Gasteiger partial charge in [-0.2, -0.15) is 0 Å². The summed E-state index contributed by atoms with van der Waals surface area (Å²) in [6.45, 7) is 3.84. The smallest absolute Gasteiger partial charge is 0.317 e. The zero-order valence-electron chi connectivity index (χ0n) is 17.1. The van der Waals surface area contributed by atoms with Gasteiger partial charge in [-0.3, -0.25) is 0 Å². The van der Waals surface area contributed by atoms with Gasteiger partial charge in [-0.1, -0.05) is 49.6 Å². The largest absolute Gasteiger partial charge is 0.489 e. The van der Waals surface area contributed by atoms with Crippen molar-refractivity contribution < 1.29 is 9.53 Å². The minimum Gasteiger partial charge on any atom is -0.489 e. The number of piperazine rings is 1. The highest BCUT2D eigenvalue weighted by Crippen LogP contribution is 2.22. The van der Waals surface area contributed by atoms with E-state index in [1.807, 2.05) is 35.2 Å². The average molecular weight is 394 g/mol. The third-order valence-corrected chi connectivity index (χ3v) is 5.95. The van der Waals surface area contributed by atoms with Crippen LogP contribution in [0.15, 0.2) is 54.6 Å². The number of rotatable bonds is 5. The lowest BCUT2D eigenvalue weighted by molar-refractivity contribution is 0.186. The number of nitrogens with one attached hydrogen (secondary N) is 1. The van der Waals surface area contributed by atoms with Crippen LogP contribution in [0.5, 0.6) is 5.75 Å². The molecule has 2 aromatic carbocycles. The summed E-state index contributed by atoms with van der Waals surface area (Å²) in [5.74, 6) is 0.878. The third kappa shape index (κ3) is 5.43. The van der Waals surface area contributed by atoms with Gasteiger partial charge in [0.05, 0.1) is 0 Å². The number of nitrogens with zero attached hydrogens (tertiary/aromatic N) is 2. The summed E-state index contributed by atoms with van der Waals surface area (Å²) >= 11 is 0. The SMILES string of the molecule is O=C(NC1CCCCC1)N1CCN(c2ccc(OCc3ccccc3)cc2)CC1. The van der Waals surface area contributed by atoms with Crippen molar-refractivity contribution in [2.45, 2.75) is 44.8 Å². The number of carbonyl (C=O) groups is 1. The van der Waals surface area contributed by atoms with Crippen LogP contribution in [0.1, 0.15) is 37.7 Å². The minimum atomic E-state index is 0.112. The first kappa shape index (κ1) is 19.6. The average Bonchev–Trinajstić information content (AvgIpc) is 2.79. The molecule has 0 bridgehead atoms. The van der Waals surface area contributed by atoms with Gasteiger partial charge in [0.15, 0.2) is 0 Å². The fourth-order valence-corrected chi connectivity index (χ4v) is 4.17. The van der Waals surface area contributed by atoms with Crippen LogP contribution < -0.4 is 15.0 Å². The molecule has 154 valence electrons. The van der Waals surface area contributed by atoms with E-state index in [-0.39, 0.29) is 6.03 Å². The lowest BCUT2D eigenvalue weighted by Crippen LogP contribution is -2.53. The second-order valence-corrected chi connectivity index (χ2v) is 8.03. The van der Waals surface area contributed by atoms with Crippen molar-refractivity contribution in [3.05, 3.63) is 60.2 Å². The number of ether oxygens (including phenoxy) is 1. The van der Waals surface area contributed by atoms with E-state index in [1.165, 1.54) is 30.5 Å². The summed E-state index contributed by atoms with van der Waals surface area (Å²) in [5.41, 5.74) is 2.35. The molecule has 5 heteroatoms. The first-order valence-electron chi connectivity index (χ1n) is 10.8. The number of benzene rings is 2. The van der Waals surface area contributed by atoms with Crippen LogP contribution in [0.2, 0.25) is 0 Å². The first-order valence-corrected chi connectivity index (χ1v) is 10.8. The highest BCUT2D eigenvalue weighted by molar-refractivity contribution is 5.75. The van der Waals surface area contributed by atoms with Crippen molar-refractivity contribution in [3.8, 4) is 5.75 Å². The molecule has 1 saturated heterocycles. The third-order valence-electron chi connectivity index (χ3n) is 5.95. The zero-order valence-corrected chi connectivity index (χ0v) is 17.1. The molecule has 0 aromatic heterocycles. The molecule has 0 atom stereocenters. The molecule has 0 spiro atoms. The van der Waals surface area contributed by atoms with Gasteiger partial charge >= 0.3 is 6.03 Å². The molecule has 5 nitrogen and oxygen atoms in total. The Hall–Kier alpha value is -2.69. The molecular weight excluding hydrogens is 362 g/mol. The highest BCUT2D eigenvalue weighted by Gasteiger charge is 2.24. The summed E-state index contributed by atoms with van der Waals surface area (Å²) in [7, 11) is 0. The minimum absolute atomic E-state index is 0.112. The predicted octanol–water partition coefficient (Wildman–Crippen LogP) is 4.43. The van der Waals surface area contributed by atoms with Gasteiger partial charge in [0.2, 0.25) is 0 Å². The van der Waals surface area contributed by atoms with Gasteiger partial charge in [-0.15, -0.1) is 0 Å². The van der Waals surface area contributed by atoms with Crippen LogP contribution in [0.3, 0.4) is 0 Å². The van der Waals surface area contributed by atoms with E-state index >= 15 is 0 Å². The van der Waals surface area contributed by atoms with Gasteiger partial charge in [-0.05, 0) is 42.7 Å². The number of hydrogen-bond donors (Lipinski definition) is 1. The number of hydrogen-bond acceptors (Lipinski definition) is 3. The van der Waals surface area contributed by atoms with E-state index in [4.69, 9.17) is 4.74 Å². The van der Waals surface area contributed by atoms with Crippen LogP contribution in [0, 0.1) is 0 Å². The Kier molecular flexibility index (Phi) is 6.55. The van der Waals surface area contributed by atoms with Crippen LogP contribution in [-0.4, -0.2) is 43.2 Å². The Labute approximate surface area is 173 Å². The van der Waals surface area contributed by atoms with Crippen molar-refractivity contribution >= 4 is 11.7 Å². The summed E-state index contributed by atoms with van der Waals surface area (Å²) in [6, 6.07) is 19.0. The summed E-state index contributed by atoms with van der Waals surface area (Å²) < 4.78 is 5.88. The van der Waals surface area contributed by atoms with E-state index in [0.29, 0.717) is 12.6 Å². The molecule has 0 radical (unpaired) electrons. The van der Waals surface area contributed by atoms with Crippen molar-refractivity contribution in [2.75, 3.05) is 31.1 Å². The second kappa shape index (κ2) is 9.68. The molecule has 2 aromatic rings. The topological polar surface area (TPSA) is 44.8 Å². The fraction of sp³-hybridized carbons (Fsp3) is 0.458. The fourth-order valence-electron chi connectivity index (χ4n) is 4.17. The Morgan fingerprint density at radius 2 is 1.59 bits per heavy atom. The molecular formula is C24H31N3O2. The molecule has 1 aliphatic heterocycles. The molecule has 1 N–H and O–H groups in total. The first-order chi connectivity index (χ1) is 14.3. The van der Waals surface area contributed by atoms with E-state index in [2.05, 4.69) is 34.5 Å². The van der Waals surface area contributed by atoms with E-state index < -0.39 is 0 Å². The lowest BCUT2D eigenvalue weighted by atomic mass is 9.96. The maximum Gasteiger partial charge on any atom is 0.317 e. The van der Waals surface area contributed by atoms with Gasteiger partial charge < -0.3 is 19.9 Å². The van der Waals surface area contributed by atoms with Crippen LogP contribution in [0.4, 0.5) is 10.5 Å². The van der Waals surface area contributed by atoms with Gasteiger partial charge in [-0.25, -0.2) is 4.79 Å².